The predicted molar refractivity (Wildman–Crippen MR) is 62.9 cm³/mol. The molecule has 0 bridgehead atoms. The van der Waals surface area contributed by atoms with Crippen molar-refractivity contribution in [3.8, 4) is 10.6 Å². The Morgan fingerprint density at radius 3 is 2.67 bits per heavy atom. The van der Waals surface area contributed by atoms with E-state index in [0.29, 0.717) is 0 Å². The maximum atomic E-state index is 2.21. The molecule has 0 aromatic carbocycles. The fraction of sp³-hybridized carbons (Fsp3) is 0. The molecule has 2 heteroatoms. The lowest BCUT2D eigenvalue weighted by Crippen LogP contribution is -2.23. The molecule has 3 aromatic heterocycles. The topological polar surface area (TPSA) is 4.10 Å². The Balaban J connectivity index is 2.36. The third-order valence-electron chi connectivity index (χ3n) is 2.45. The summed E-state index contributed by atoms with van der Waals surface area (Å²) in [4.78, 5) is 1.30. The van der Waals surface area contributed by atoms with Gasteiger partial charge in [0.1, 0.15) is 0 Å². The van der Waals surface area contributed by atoms with E-state index in [4.69, 9.17) is 0 Å². The predicted octanol–water partition coefficient (Wildman–Crippen LogP) is 3.15. The van der Waals surface area contributed by atoms with Crippen molar-refractivity contribution in [3.63, 3.8) is 0 Å². The van der Waals surface area contributed by atoms with E-state index < -0.39 is 0 Å². The summed E-state index contributed by atoms with van der Waals surface area (Å²) >= 11 is 1.77. The van der Waals surface area contributed by atoms with Crippen molar-refractivity contribution in [3.05, 3.63) is 60.1 Å². The van der Waals surface area contributed by atoms with Crippen LogP contribution in [0.1, 0.15) is 0 Å². The standard InChI is InChI=1S/C13H10NS/c1-2-9-14-11(5-1)6-3-7-12(14)13-8-4-10-15-13/h1-10H/q+1. The lowest BCUT2D eigenvalue weighted by molar-refractivity contribution is -0.499. The molecule has 3 heterocycles. The van der Waals surface area contributed by atoms with Gasteiger partial charge in [0.2, 0.25) is 11.2 Å². The first kappa shape index (κ1) is 8.62. The zero-order valence-electron chi connectivity index (χ0n) is 8.13. The average Bonchev–Trinajstić information content (AvgIpc) is 2.82. The van der Waals surface area contributed by atoms with Crippen molar-refractivity contribution in [2.24, 2.45) is 0 Å². The summed E-state index contributed by atoms with van der Waals surface area (Å²) in [6, 6.07) is 16.9. The molecule has 0 amide bonds. The van der Waals surface area contributed by atoms with Crippen molar-refractivity contribution in [1.29, 1.82) is 0 Å². The summed E-state index contributed by atoms with van der Waals surface area (Å²) in [5.74, 6) is 0. The van der Waals surface area contributed by atoms with Crippen LogP contribution in [0.3, 0.4) is 0 Å². The monoisotopic (exact) mass is 212 g/mol. The summed E-state index contributed by atoms with van der Waals surface area (Å²) in [6.45, 7) is 0. The van der Waals surface area contributed by atoms with E-state index in [0.717, 1.165) is 0 Å². The SMILES string of the molecule is c1csc(-c2cccc3cccc[n+]23)c1. The fourth-order valence-electron chi connectivity index (χ4n) is 1.75. The first-order chi connectivity index (χ1) is 7.45. The lowest BCUT2D eigenvalue weighted by Gasteiger charge is -1.95. The highest BCUT2D eigenvalue weighted by molar-refractivity contribution is 7.13. The Kier molecular flexibility index (Phi) is 2.00. The van der Waals surface area contributed by atoms with Gasteiger partial charge in [-0.15, -0.1) is 11.3 Å². The van der Waals surface area contributed by atoms with Crippen LogP contribution in [0.4, 0.5) is 0 Å². The smallest absolute Gasteiger partial charge is 0.159 e. The van der Waals surface area contributed by atoms with Crippen LogP contribution in [-0.4, -0.2) is 0 Å². The second kappa shape index (κ2) is 3.48. The number of pyridine rings is 2. The molecule has 1 nitrogen and oxygen atoms in total. The van der Waals surface area contributed by atoms with Crippen LogP contribution >= 0.6 is 11.3 Å². The third-order valence-corrected chi connectivity index (χ3v) is 3.34. The molecule has 0 unspecified atom stereocenters. The van der Waals surface area contributed by atoms with E-state index in [-0.39, 0.29) is 0 Å². The molecule has 0 radical (unpaired) electrons. The summed E-state index contributed by atoms with van der Waals surface area (Å²) in [6.07, 6.45) is 2.10. The van der Waals surface area contributed by atoms with Crippen molar-refractivity contribution in [1.82, 2.24) is 0 Å². The maximum Gasteiger partial charge on any atom is 0.228 e. The minimum atomic E-state index is 1.23. The normalized spacial score (nSPS) is 10.7. The highest BCUT2D eigenvalue weighted by atomic mass is 32.1. The Bertz CT molecular complexity index is 579. The van der Waals surface area contributed by atoms with E-state index in [1.165, 1.54) is 16.1 Å². The summed E-state index contributed by atoms with van der Waals surface area (Å²) < 4.78 is 2.21. The molecule has 0 aliphatic carbocycles. The van der Waals surface area contributed by atoms with Gasteiger partial charge in [0.15, 0.2) is 6.20 Å². The number of fused-ring (bicyclic) bond motifs is 1. The van der Waals surface area contributed by atoms with Crippen molar-refractivity contribution < 1.29 is 4.40 Å². The van der Waals surface area contributed by atoms with E-state index in [9.17, 15) is 0 Å². The number of hydrogen-bond donors (Lipinski definition) is 0. The largest absolute Gasteiger partial charge is 0.228 e. The van der Waals surface area contributed by atoms with E-state index >= 15 is 0 Å². The van der Waals surface area contributed by atoms with Gasteiger partial charge in [-0.05, 0) is 23.6 Å². The molecule has 0 atom stereocenters. The Morgan fingerprint density at radius 2 is 1.80 bits per heavy atom. The van der Waals surface area contributed by atoms with Crippen molar-refractivity contribution in [2.75, 3.05) is 0 Å². The molecule has 0 N–H and O–H groups in total. The molecular weight excluding hydrogens is 202 g/mol. The highest BCUT2D eigenvalue weighted by Gasteiger charge is 2.11. The maximum absolute atomic E-state index is 2.21. The molecule has 0 fully saturated rings. The van der Waals surface area contributed by atoms with Gasteiger partial charge in [-0.25, -0.2) is 0 Å². The lowest BCUT2D eigenvalue weighted by atomic mass is 10.2. The molecule has 0 saturated carbocycles. The van der Waals surface area contributed by atoms with Gasteiger partial charge in [0.05, 0.1) is 4.88 Å². The average molecular weight is 212 g/mol. The number of rotatable bonds is 1. The number of nitrogens with zero attached hydrogens (tertiary/aromatic N) is 1. The molecule has 0 aliphatic heterocycles. The number of hydrogen-bond acceptors (Lipinski definition) is 1. The summed E-state index contributed by atoms with van der Waals surface area (Å²) in [7, 11) is 0. The van der Waals surface area contributed by atoms with Gasteiger partial charge in [0.25, 0.3) is 0 Å². The summed E-state index contributed by atoms with van der Waals surface area (Å²) in [5.41, 5.74) is 2.48. The first-order valence-electron chi connectivity index (χ1n) is 4.88. The van der Waals surface area contributed by atoms with Crippen LogP contribution in [0, 0.1) is 0 Å². The van der Waals surface area contributed by atoms with Crippen LogP contribution < -0.4 is 4.40 Å². The van der Waals surface area contributed by atoms with Crippen molar-refractivity contribution >= 4 is 16.9 Å². The van der Waals surface area contributed by atoms with Crippen LogP contribution in [0.5, 0.6) is 0 Å². The fourth-order valence-corrected chi connectivity index (χ4v) is 2.50. The number of aromatic nitrogens is 1. The second-order valence-electron chi connectivity index (χ2n) is 3.38. The third kappa shape index (κ3) is 1.43. The second-order valence-corrected chi connectivity index (χ2v) is 4.33. The van der Waals surface area contributed by atoms with Crippen LogP contribution in [0.2, 0.25) is 0 Å². The van der Waals surface area contributed by atoms with Crippen LogP contribution in [0.15, 0.2) is 60.1 Å². The Morgan fingerprint density at radius 1 is 0.867 bits per heavy atom. The van der Waals surface area contributed by atoms with Gasteiger partial charge in [-0.3, -0.25) is 0 Å². The highest BCUT2D eigenvalue weighted by Crippen LogP contribution is 2.21. The summed E-state index contributed by atoms with van der Waals surface area (Å²) in [5, 5.41) is 2.11. The number of thiophene rings is 1. The minimum Gasteiger partial charge on any atom is -0.159 e. The van der Waals surface area contributed by atoms with Crippen LogP contribution in [0.25, 0.3) is 16.1 Å². The molecule has 0 saturated heterocycles. The van der Waals surface area contributed by atoms with Crippen LogP contribution in [-0.2, 0) is 0 Å². The van der Waals surface area contributed by atoms with Crippen molar-refractivity contribution in [2.45, 2.75) is 0 Å². The van der Waals surface area contributed by atoms with E-state index in [1.54, 1.807) is 11.3 Å². The van der Waals surface area contributed by atoms with Gasteiger partial charge < -0.3 is 0 Å². The van der Waals surface area contributed by atoms with E-state index in [2.05, 4.69) is 64.5 Å². The van der Waals surface area contributed by atoms with E-state index in [1.807, 2.05) is 0 Å². The molecule has 3 rings (SSSR count). The molecule has 0 aliphatic rings. The Hall–Kier alpha value is -1.67. The zero-order valence-corrected chi connectivity index (χ0v) is 8.95. The molecule has 0 spiro atoms. The minimum absolute atomic E-state index is 1.23. The Labute approximate surface area is 92.3 Å². The van der Waals surface area contributed by atoms with Gasteiger partial charge in [0, 0.05) is 24.3 Å². The molecular formula is C13H10NS+. The first-order valence-corrected chi connectivity index (χ1v) is 5.76. The zero-order chi connectivity index (χ0) is 10.1. The van der Waals surface area contributed by atoms with Gasteiger partial charge >= 0.3 is 0 Å². The quantitative estimate of drug-likeness (QED) is 0.546. The molecule has 3 aromatic rings. The van der Waals surface area contributed by atoms with Gasteiger partial charge in [-0.1, -0.05) is 6.07 Å². The molecule has 72 valence electrons. The molecule has 15 heavy (non-hydrogen) atoms. The van der Waals surface area contributed by atoms with Gasteiger partial charge in [-0.2, -0.15) is 4.40 Å².